The number of hydrogen-bond acceptors (Lipinski definition) is 1. The Balaban J connectivity index is 0.00000227. The van der Waals surface area contributed by atoms with E-state index in [4.69, 9.17) is 0 Å². The van der Waals surface area contributed by atoms with E-state index in [1.54, 1.807) is 6.92 Å². The largest absolute Gasteiger partial charge is 0.300 e. The van der Waals surface area contributed by atoms with Gasteiger partial charge >= 0.3 is 0 Å². The van der Waals surface area contributed by atoms with Crippen LogP contribution in [0, 0.1) is 29.6 Å². The third-order valence-electron chi connectivity index (χ3n) is 6.78. The number of hydrogen-bond donors (Lipinski definition) is 0. The van der Waals surface area contributed by atoms with Crippen molar-refractivity contribution in [2.45, 2.75) is 107 Å². The maximum Gasteiger partial charge on any atom is 0.151 e. The molecular formula is C30H52BO. The molecular weight excluding hydrogens is 387 g/mol. The molecule has 1 aromatic rings. The summed E-state index contributed by atoms with van der Waals surface area (Å²) in [5, 5.41) is 0. The van der Waals surface area contributed by atoms with E-state index in [1.807, 2.05) is 27.7 Å². The van der Waals surface area contributed by atoms with E-state index in [1.165, 1.54) is 37.5 Å². The lowest BCUT2D eigenvalue weighted by Gasteiger charge is -2.25. The van der Waals surface area contributed by atoms with Gasteiger partial charge in [0.1, 0.15) is 5.78 Å². The van der Waals surface area contributed by atoms with E-state index in [0.29, 0.717) is 5.78 Å². The molecule has 2 heteroatoms. The molecule has 5 atom stereocenters. The molecule has 181 valence electrons. The Bertz CT molecular complexity index is 594. The van der Waals surface area contributed by atoms with Crippen LogP contribution >= 0.6 is 0 Å². The minimum Gasteiger partial charge on any atom is -0.300 e. The Morgan fingerprint density at radius 3 is 2.28 bits per heavy atom. The van der Waals surface area contributed by atoms with Crippen LogP contribution in [0.1, 0.15) is 100 Å². The average Bonchev–Trinajstić information content (AvgIpc) is 3.08. The van der Waals surface area contributed by atoms with Gasteiger partial charge in [-0.05, 0) is 62.7 Å². The summed E-state index contributed by atoms with van der Waals surface area (Å²) in [5.41, 5.74) is 1.35. The van der Waals surface area contributed by atoms with Crippen molar-refractivity contribution in [3.05, 3.63) is 42.5 Å². The molecule has 0 aliphatic heterocycles. The summed E-state index contributed by atoms with van der Waals surface area (Å²) in [6.07, 6.45) is 14.0. The number of carbonyl (C=O) groups is 1. The Hall–Kier alpha value is -1.31. The van der Waals surface area contributed by atoms with Crippen LogP contribution in [0.4, 0.5) is 0 Å². The highest BCUT2D eigenvalue weighted by molar-refractivity contribution is 6.53. The van der Waals surface area contributed by atoms with Crippen LogP contribution in [-0.2, 0) is 4.79 Å². The van der Waals surface area contributed by atoms with Crippen LogP contribution in [0.2, 0.25) is 6.32 Å². The van der Waals surface area contributed by atoms with E-state index >= 15 is 0 Å². The summed E-state index contributed by atoms with van der Waals surface area (Å²) in [5.74, 6) is 4.47. The maximum atomic E-state index is 11.0. The quantitative estimate of drug-likeness (QED) is 0.181. The van der Waals surface area contributed by atoms with E-state index in [9.17, 15) is 4.79 Å². The van der Waals surface area contributed by atoms with Crippen molar-refractivity contribution in [2.75, 3.05) is 0 Å². The third-order valence-corrected chi connectivity index (χ3v) is 6.78. The molecule has 2 rings (SSSR count). The highest BCUT2D eigenvalue weighted by atomic mass is 16.1. The molecule has 0 saturated heterocycles. The predicted octanol–water partition coefficient (Wildman–Crippen LogP) is 8.52. The molecule has 0 amide bonds. The first-order valence-corrected chi connectivity index (χ1v) is 13.5. The Morgan fingerprint density at radius 1 is 1.03 bits per heavy atom. The van der Waals surface area contributed by atoms with E-state index in [2.05, 4.69) is 70.5 Å². The monoisotopic (exact) mass is 439 g/mol. The number of ketones is 1. The lowest BCUT2D eigenvalue weighted by atomic mass is 9.63. The number of allylic oxidation sites excluding steroid dienone is 2. The Labute approximate surface area is 202 Å². The number of benzene rings is 1. The van der Waals surface area contributed by atoms with Crippen molar-refractivity contribution in [3.63, 3.8) is 0 Å². The first-order chi connectivity index (χ1) is 15.5. The lowest BCUT2D eigenvalue weighted by Crippen LogP contribution is -2.18. The van der Waals surface area contributed by atoms with Gasteiger partial charge in [0.25, 0.3) is 0 Å². The summed E-state index contributed by atoms with van der Waals surface area (Å²) in [6.45, 7) is 17.0. The molecule has 0 N–H and O–H groups in total. The molecule has 1 nitrogen and oxygen atoms in total. The van der Waals surface area contributed by atoms with Crippen LogP contribution in [0.5, 0.6) is 0 Å². The van der Waals surface area contributed by atoms with Gasteiger partial charge in [0.15, 0.2) is 7.28 Å². The fraction of sp³-hybridized carbons (Fsp3) is 0.700. The summed E-state index contributed by atoms with van der Waals surface area (Å²) in [6, 6.07) is 10.7. The van der Waals surface area contributed by atoms with Gasteiger partial charge in [-0.1, -0.05) is 115 Å². The molecule has 1 aliphatic rings. The van der Waals surface area contributed by atoms with Crippen molar-refractivity contribution in [2.24, 2.45) is 29.6 Å². The molecule has 1 fully saturated rings. The van der Waals surface area contributed by atoms with Gasteiger partial charge in [0.2, 0.25) is 0 Å². The smallest absolute Gasteiger partial charge is 0.151 e. The molecule has 1 aromatic carbocycles. The lowest BCUT2D eigenvalue weighted by molar-refractivity contribution is -0.117. The number of unbranched alkanes of at least 4 members (excludes halogenated alkanes) is 1. The first kappa shape index (κ1) is 30.7. The van der Waals surface area contributed by atoms with E-state index in [-0.39, 0.29) is 0 Å². The zero-order valence-corrected chi connectivity index (χ0v) is 22.6. The second kappa shape index (κ2) is 19.2. The van der Waals surface area contributed by atoms with Gasteiger partial charge in [-0.25, -0.2) is 0 Å². The topological polar surface area (TPSA) is 17.1 Å². The van der Waals surface area contributed by atoms with E-state index in [0.717, 1.165) is 48.9 Å². The van der Waals surface area contributed by atoms with Crippen molar-refractivity contribution in [1.82, 2.24) is 0 Å². The fourth-order valence-corrected chi connectivity index (χ4v) is 5.05. The summed E-state index contributed by atoms with van der Waals surface area (Å²) in [7, 11) is 2.40. The summed E-state index contributed by atoms with van der Waals surface area (Å²) in [4.78, 5) is 11.0. The number of Topliss-reactive ketones (excluding diaryl/α,β-unsaturated/α-hetero) is 1. The van der Waals surface area contributed by atoms with Gasteiger partial charge < -0.3 is 4.79 Å². The van der Waals surface area contributed by atoms with Gasteiger partial charge in [0, 0.05) is 6.42 Å². The standard InChI is InChI=1S/C26H40BO.2C2H6/c1-20(19-27-24-13-9-7-10-14-24)16-17-26-22(3)18-21(2)25(26)15-11-6-5-8-12-23(4)28;2*1-2/h6-7,9-11,13-14,20-22,25-26H,5,8,12,15-19H2,1-4H3;2*1-2H3/t20-,21+,22-,25+,26+;;/m1../s1. The Kier molecular flexibility index (Phi) is 18.4. The summed E-state index contributed by atoms with van der Waals surface area (Å²) >= 11 is 0. The molecule has 32 heavy (non-hydrogen) atoms. The zero-order chi connectivity index (χ0) is 24.4. The first-order valence-electron chi connectivity index (χ1n) is 13.5. The Morgan fingerprint density at radius 2 is 1.66 bits per heavy atom. The van der Waals surface area contributed by atoms with Crippen molar-refractivity contribution < 1.29 is 4.79 Å². The molecule has 1 radical (unpaired) electrons. The third kappa shape index (κ3) is 12.7. The average molecular weight is 440 g/mol. The molecule has 1 aliphatic carbocycles. The molecule has 1 saturated carbocycles. The van der Waals surface area contributed by atoms with Crippen LogP contribution in [0.25, 0.3) is 0 Å². The molecule has 0 heterocycles. The molecule has 0 aromatic heterocycles. The van der Waals surface area contributed by atoms with Crippen LogP contribution < -0.4 is 5.46 Å². The van der Waals surface area contributed by atoms with Gasteiger partial charge in [-0.3, -0.25) is 0 Å². The van der Waals surface area contributed by atoms with Crippen molar-refractivity contribution in [3.8, 4) is 0 Å². The molecule has 0 unspecified atom stereocenters. The number of carbonyl (C=O) groups excluding carboxylic acids is 1. The zero-order valence-electron chi connectivity index (χ0n) is 22.6. The minimum absolute atomic E-state index is 0.310. The summed E-state index contributed by atoms with van der Waals surface area (Å²) < 4.78 is 0. The second-order valence-electron chi connectivity index (χ2n) is 9.35. The van der Waals surface area contributed by atoms with Crippen LogP contribution in [-0.4, -0.2) is 13.1 Å². The van der Waals surface area contributed by atoms with Gasteiger partial charge in [-0.15, -0.1) is 0 Å². The van der Waals surface area contributed by atoms with Gasteiger partial charge in [0.05, 0.1) is 0 Å². The highest BCUT2D eigenvalue weighted by Crippen LogP contribution is 2.46. The number of rotatable bonds is 12. The second-order valence-corrected chi connectivity index (χ2v) is 9.35. The van der Waals surface area contributed by atoms with Gasteiger partial charge in [-0.2, -0.15) is 0 Å². The fourth-order valence-electron chi connectivity index (χ4n) is 5.05. The SMILES string of the molecule is CC.CC.CC(=O)CCCC=CC[C@@H]1[C@@H](CC[C@@H](C)C[B]c2ccccc2)[C@H](C)C[C@@H]1C. The molecule has 0 bridgehead atoms. The van der Waals surface area contributed by atoms with Crippen molar-refractivity contribution in [1.29, 1.82) is 0 Å². The minimum atomic E-state index is 0.310. The normalized spacial score (nSPS) is 23.0. The van der Waals surface area contributed by atoms with Crippen molar-refractivity contribution >= 4 is 18.5 Å². The van der Waals surface area contributed by atoms with E-state index < -0.39 is 0 Å². The maximum absolute atomic E-state index is 11.0. The van der Waals surface area contributed by atoms with Crippen LogP contribution in [0.15, 0.2) is 42.5 Å². The van der Waals surface area contributed by atoms with Crippen LogP contribution in [0.3, 0.4) is 0 Å². The molecule has 0 spiro atoms. The predicted molar refractivity (Wildman–Crippen MR) is 146 cm³/mol. The highest BCUT2D eigenvalue weighted by Gasteiger charge is 2.37.